The number of benzene rings is 1. The van der Waals surface area contributed by atoms with Gasteiger partial charge in [0.25, 0.3) is 0 Å². The Bertz CT molecular complexity index is 889. The van der Waals surface area contributed by atoms with Gasteiger partial charge in [0.05, 0.1) is 17.3 Å². The summed E-state index contributed by atoms with van der Waals surface area (Å²) in [5, 5.41) is 0.428. The molecule has 0 atom stereocenters. The Morgan fingerprint density at radius 2 is 1.68 bits per heavy atom. The van der Waals surface area contributed by atoms with Crippen LogP contribution in [0, 0.1) is 17.5 Å². The van der Waals surface area contributed by atoms with Crippen molar-refractivity contribution in [2.45, 2.75) is 0 Å². The van der Waals surface area contributed by atoms with Crippen LogP contribution in [-0.2, 0) is 0 Å². The van der Waals surface area contributed by atoms with Crippen LogP contribution < -0.4 is 5.73 Å². The van der Waals surface area contributed by atoms with E-state index in [0.717, 1.165) is 12.1 Å². The van der Waals surface area contributed by atoms with E-state index in [1.807, 2.05) is 0 Å². The molecule has 0 aliphatic rings. The monoisotopic (exact) mass is 303 g/mol. The molecule has 2 heterocycles. The first-order valence-electron chi connectivity index (χ1n) is 6.16. The molecular weight excluding hydrogens is 295 g/mol. The quantitative estimate of drug-likeness (QED) is 0.740. The van der Waals surface area contributed by atoms with E-state index >= 15 is 0 Å². The van der Waals surface area contributed by atoms with Gasteiger partial charge in [0.2, 0.25) is 5.91 Å². The largest absolute Gasteiger partial charge is 0.366 e. The predicted molar refractivity (Wildman–Crippen MR) is 73.4 cm³/mol. The molecule has 22 heavy (non-hydrogen) atoms. The maximum absolute atomic E-state index is 13.4. The minimum absolute atomic E-state index is 0.0814. The lowest BCUT2D eigenvalue weighted by Crippen LogP contribution is -2.11. The lowest BCUT2D eigenvalue weighted by atomic mass is 10.0. The first-order valence-corrected chi connectivity index (χ1v) is 6.16. The van der Waals surface area contributed by atoms with Gasteiger partial charge >= 0.3 is 0 Å². The molecule has 2 N–H and O–H groups in total. The van der Waals surface area contributed by atoms with Gasteiger partial charge in [-0.05, 0) is 23.8 Å². The molecule has 4 nitrogen and oxygen atoms in total. The van der Waals surface area contributed by atoms with Crippen molar-refractivity contribution in [2.24, 2.45) is 5.73 Å². The average molecular weight is 303 g/mol. The summed E-state index contributed by atoms with van der Waals surface area (Å²) in [5.41, 5.74) is 6.14. The second-order valence-electron chi connectivity index (χ2n) is 4.60. The lowest BCUT2D eigenvalue weighted by molar-refractivity contribution is 0.1000. The highest BCUT2D eigenvalue weighted by atomic mass is 19.2. The molecule has 7 heteroatoms. The van der Waals surface area contributed by atoms with E-state index in [-0.39, 0.29) is 11.1 Å². The summed E-state index contributed by atoms with van der Waals surface area (Å²) in [6.45, 7) is 0. The fraction of sp³-hybridized carbons (Fsp3) is 0. The van der Waals surface area contributed by atoms with Crippen molar-refractivity contribution < 1.29 is 18.0 Å². The number of aromatic nitrogens is 2. The molecule has 2 aromatic heterocycles. The number of pyridine rings is 2. The molecule has 0 saturated carbocycles. The van der Waals surface area contributed by atoms with Crippen molar-refractivity contribution in [1.82, 2.24) is 9.97 Å². The molecule has 0 bridgehead atoms. The van der Waals surface area contributed by atoms with E-state index in [9.17, 15) is 18.0 Å². The molecule has 110 valence electrons. The first-order chi connectivity index (χ1) is 10.5. The van der Waals surface area contributed by atoms with Gasteiger partial charge in [-0.3, -0.25) is 14.8 Å². The number of hydrogen-bond donors (Lipinski definition) is 1. The third-order valence-electron chi connectivity index (χ3n) is 3.19. The van der Waals surface area contributed by atoms with Crippen LogP contribution in [0.15, 0.2) is 36.8 Å². The van der Waals surface area contributed by atoms with Gasteiger partial charge in [0.1, 0.15) is 0 Å². The SMILES string of the molecule is NC(=O)c1cnc2cncc(-c3cc(F)c(F)c(F)c3)c2c1. The number of rotatable bonds is 2. The summed E-state index contributed by atoms with van der Waals surface area (Å²) in [6.07, 6.45) is 4.06. The van der Waals surface area contributed by atoms with Gasteiger partial charge in [-0.15, -0.1) is 0 Å². The third-order valence-corrected chi connectivity index (χ3v) is 3.19. The molecule has 1 aromatic carbocycles. The minimum atomic E-state index is -1.55. The molecule has 0 aliphatic heterocycles. The summed E-state index contributed by atoms with van der Waals surface area (Å²) in [4.78, 5) is 19.2. The van der Waals surface area contributed by atoms with Crippen LogP contribution in [0.25, 0.3) is 22.0 Å². The number of nitrogens with zero attached hydrogens (tertiary/aromatic N) is 2. The number of nitrogens with two attached hydrogens (primary N) is 1. The Hall–Kier alpha value is -2.96. The van der Waals surface area contributed by atoms with Crippen LogP contribution >= 0.6 is 0 Å². The van der Waals surface area contributed by atoms with Crippen molar-refractivity contribution >= 4 is 16.8 Å². The maximum Gasteiger partial charge on any atom is 0.250 e. The van der Waals surface area contributed by atoms with Gasteiger partial charge in [-0.2, -0.15) is 0 Å². The fourth-order valence-corrected chi connectivity index (χ4v) is 2.12. The average Bonchev–Trinajstić information content (AvgIpc) is 2.51. The molecule has 1 amide bonds. The summed E-state index contributed by atoms with van der Waals surface area (Å²) in [7, 11) is 0. The van der Waals surface area contributed by atoms with Crippen LogP contribution in [-0.4, -0.2) is 15.9 Å². The van der Waals surface area contributed by atoms with Crippen LogP contribution in [0.1, 0.15) is 10.4 Å². The molecule has 3 rings (SSSR count). The predicted octanol–water partition coefficient (Wildman–Crippen LogP) is 2.81. The van der Waals surface area contributed by atoms with E-state index in [2.05, 4.69) is 9.97 Å². The number of primary amides is 1. The van der Waals surface area contributed by atoms with Crippen LogP contribution in [0.4, 0.5) is 13.2 Å². The zero-order valence-electron chi connectivity index (χ0n) is 11.0. The highest BCUT2D eigenvalue weighted by Gasteiger charge is 2.14. The summed E-state index contributed by atoms with van der Waals surface area (Å²) < 4.78 is 39.9. The van der Waals surface area contributed by atoms with E-state index in [1.165, 1.54) is 24.7 Å². The van der Waals surface area contributed by atoms with Crippen molar-refractivity contribution in [3.05, 3.63) is 59.8 Å². The highest BCUT2D eigenvalue weighted by molar-refractivity contribution is 6.00. The van der Waals surface area contributed by atoms with Crippen molar-refractivity contribution in [1.29, 1.82) is 0 Å². The van der Waals surface area contributed by atoms with Crippen molar-refractivity contribution in [3.8, 4) is 11.1 Å². The molecular formula is C15H8F3N3O. The van der Waals surface area contributed by atoms with Gasteiger partial charge in [-0.1, -0.05) is 0 Å². The van der Waals surface area contributed by atoms with E-state index in [1.54, 1.807) is 0 Å². The van der Waals surface area contributed by atoms with Crippen LogP contribution in [0.5, 0.6) is 0 Å². The Balaban J connectivity index is 2.30. The molecule has 0 radical (unpaired) electrons. The Morgan fingerprint density at radius 1 is 1.00 bits per heavy atom. The number of amides is 1. The van der Waals surface area contributed by atoms with Gasteiger partial charge in [0, 0.05) is 23.3 Å². The summed E-state index contributed by atoms with van der Waals surface area (Å²) in [5.74, 6) is -4.86. The number of hydrogen-bond acceptors (Lipinski definition) is 3. The van der Waals surface area contributed by atoms with Crippen LogP contribution in [0.2, 0.25) is 0 Å². The summed E-state index contributed by atoms with van der Waals surface area (Å²) in [6, 6.07) is 3.15. The Morgan fingerprint density at radius 3 is 2.32 bits per heavy atom. The second kappa shape index (κ2) is 5.10. The molecule has 0 unspecified atom stereocenters. The molecule has 0 saturated heterocycles. The fourth-order valence-electron chi connectivity index (χ4n) is 2.12. The minimum Gasteiger partial charge on any atom is -0.366 e. The van der Waals surface area contributed by atoms with E-state index in [4.69, 9.17) is 5.73 Å². The number of carbonyl (C=O) groups excluding carboxylic acids is 1. The second-order valence-corrected chi connectivity index (χ2v) is 4.60. The van der Waals surface area contributed by atoms with E-state index < -0.39 is 23.4 Å². The van der Waals surface area contributed by atoms with Gasteiger partial charge in [-0.25, -0.2) is 13.2 Å². The lowest BCUT2D eigenvalue weighted by Gasteiger charge is -2.08. The zero-order chi connectivity index (χ0) is 15.9. The third kappa shape index (κ3) is 2.26. The molecule has 0 aliphatic carbocycles. The number of halogens is 3. The maximum atomic E-state index is 13.4. The molecule has 0 fully saturated rings. The summed E-state index contributed by atoms with van der Waals surface area (Å²) >= 11 is 0. The first kappa shape index (κ1) is 14.0. The molecule has 0 spiro atoms. The standard InChI is InChI=1S/C15H8F3N3O/c16-11-2-7(3-12(17)14(11)18)10-5-20-6-13-9(10)1-8(4-21-13)15(19)22/h1-6H,(H2,19,22). The van der Waals surface area contributed by atoms with Gasteiger partial charge < -0.3 is 5.73 Å². The van der Waals surface area contributed by atoms with Gasteiger partial charge in [0.15, 0.2) is 17.5 Å². The molecule has 3 aromatic rings. The van der Waals surface area contributed by atoms with Crippen molar-refractivity contribution in [2.75, 3.05) is 0 Å². The van der Waals surface area contributed by atoms with E-state index in [0.29, 0.717) is 16.5 Å². The normalized spacial score (nSPS) is 10.9. The Labute approximate surface area is 122 Å². The Kier molecular flexibility index (Phi) is 3.25. The highest BCUT2D eigenvalue weighted by Crippen LogP contribution is 2.29. The smallest absolute Gasteiger partial charge is 0.250 e. The number of fused-ring (bicyclic) bond motifs is 1. The zero-order valence-corrected chi connectivity index (χ0v) is 11.0. The van der Waals surface area contributed by atoms with Crippen molar-refractivity contribution in [3.63, 3.8) is 0 Å². The number of carbonyl (C=O) groups is 1. The van der Waals surface area contributed by atoms with Crippen LogP contribution in [0.3, 0.4) is 0 Å². The topological polar surface area (TPSA) is 68.9 Å².